The molecule has 3 nitrogen and oxygen atoms in total. The molecular formula is C9H18N2O. The average Bonchev–Trinajstić information content (AvgIpc) is 2.00. The van der Waals surface area contributed by atoms with Crippen LogP contribution < -0.4 is 5.32 Å². The third-order valence-corrected chi connectivity index (χ3v) is 1.77. The first-order valence-corrected chi connectivity index (χ1v) is 4.37. The molecule has 0 aliphatic heterocycles. The Kier molecular flexibility index (Phi) is 4.87. The van der Waals surface area contributed by atoms with Gasteiger partial charge in [0.2, 0.25) is 0 Å². The summed E-state index contributed by atoms with van der Waals surface area (Å²) in [4.78, 5) is 0. The normalized spacial score (nSPS) is 17.9. The van der Waals surface area contributed by atoms with E-state index in [1.165, 1.54) is 0 Å². The molecule has 0 rings (SSSR count). The molecule has 2 N–H and O–H groups in total. The molecular weight excluding hydrogens is 152 g/mol. The molecule has 0 saturated heterocycles. The largest absolute Gasteiger partial charge is 0.389 e. The molecule has 0 aliphatic carbocycles. The minimum Gasteiger partial charge on any atom is -0.389 e. The Morgan fingerprint density at radius 3 is 2.67 bits per heavy atom. The van der Waals surface area contributed by atoms with E-state index >= 15 is 0 Å². The predicted octanol–water partition coefficient (Wildman–Crippen LogP) is 1.04. The molecule has 0 aromatic heterocycles. The van der Waals surface area contributed by atoms with Crippen molar-refractivity contribution >= 4 is 0 Å². The van der Waals surface area contributed by atoms with Crippen LogP contribution in [-0.2, 0) is 0 Å². The van der Waals surface area contributed by atoms with Crippen LogP contribution in [-0.4, -0.2) is 23.3 Å². The van der Waals surface area contributed by atoms with E-state index in [0.717, 1.165) is 12.8 Å². The number of nitrogens with one attached hydrogen (secondary N) is 1. The Balaban J connectivity index is 3.68. The number of rotatable bonds is 5. The first kappa shape index (κ1) is 11.4. The highest BCUT2D eigenvalue weighted by molar-refractivity contribution is 4.88. The van der Waals surface area contributed by atoms with Gasteiger partial charge in [0.15, 0.2) is 0 Å². The van der Waals surface area contributed by atoms with Gasteiger partial charge in [0, 0.05) is 6.54 Å². The van der Waals surface area contributed by atoms with E-state index in [-0.39, 0.29) is 6.04 Å². The molecule has 0 spiro atoms. The zero-order valence-electron chi connectivity index (χ0n) is 8.09. The summed E-state index contributed by atoms with van der Waals surface area (Å²) in [6, 6.07) is 1.87. The second-order valence-corrected chi connectivity index (χ2v) is 3.48. The molecule has 0 heterocycles. The van der Waals surface area contributed by atoms with Crippen molar-refractivity contribution < 1.29 is 5.11 Å². The summed E-state index contributed by atoms with van der Waals surface area (Å²) >= 11 is 0. The molecule has 0 bridgehead atoms. The van der Waals surface area contributed by atoms with Crippen LogP contribution in [0.2, 0.25) is 0 Å². The highest BCUT2D eigenvalue weighted by Crippen LogP contribution is 2.09. The lowest BCUT2D eigenvalue weighted by molar-refractivity contribution is 0.0491. The second kappa shape index (κ2) is 5.13. The van der Waals surface area contributed by atoms with Crippen molar-refractivity contribution in [3.8, 4) is 6.07 Å². The van der Waals surface area contributed by atoms with Crippen LogP contribution in [0.5, 0.6) is 0 Å². The Hall–Kier alpha value is -0.590. The van der Waals surface area contributed by atoms with Crippen LogP contribution in [0.25, 0.3) is 0 Å². The van der Waals surface area contributed by atoms with E-state index in [0.29, 0.717) is 6.54 Å². The number of hydrogen-bond acceptors (Lipinski definition) is 3. The van der Waals surface area contributed by atoms with Gasteiger partial charge in [-0.1, -0.05) is 13.3 Å². The van der Waals surface area contributed by atoms with E-state index in [9.17, 15) is 5.11 Å². The summed E-state index contributed by atoms with van der Waals surface area (Å²) in [7, 11) is 0. The Labute approximate surface area is 74.4 Å². The van der Waals surface area contributed by atoms with Gasteiger partial charge in [-0.2, -0.15) is 5.26 Å². The number of nitrogens with zero attached hydrogens (tertiary/aromatic N) is 1. The summed E-state index contributed by atoms with van der Waals surface area (Å²) in [6.45, 7) is 6.08. The van der Waals surface area contributed by atoms with Crippen molar-refractivity contribution in [3.05, 3.63) is 0 Å². The number of hydrogen-bond donors (Lipinski definition) is 2. The fourth-order valence-corrected chi connectivity index (χ4v) is 1.05. The molecule has 2 atom stereocenters. The zero-order valence-corrected chi connectivity index (χ0v) is 8.09. The van der Waals surface area contributed by atoms with E-state index in [2.05, 4.69) is 11.4 Å². The summed E-state index contributed by atoms with van der Waals surface area (Å²) in [6.07, 6.45) is 1.72. The minimum atomic E-state index is -0.681. The summed E-state index contributed by atoms with van der Waals surface area (Å²) in [5.74, 6) is 0. The monoisotopic (exact) mass is 170 g/mol. The SMILES string of the molecule is CCCC(C)(O)CNC(C)C#N. The van der Waals surface area contributed by atoms with E-state index in [1.54, 1.807) is 13.8 Å². The minimum absolute atomic E-state index is 0.187. The summed E-state index contributed by atoms with van der Waals surface area (Å²) in [5, 5.41) is 21.1. The lowest BCUT2D eigenvalue weighted by Gasteiger charge is -2.23. The van der Waals surface area contributed by atoms with Gasteiger partial charge in [-0.3, -0.25) is 5.32 Å². The topological polar surface area (TPSA) is 56.0 Å². The van der Waals surface area contributed by atoms with E-state index in [1.807, 2.05) is 6.92 Å². The smallest absolute Gasteiger partial charge is 0.0925 e. The van der Waals surface area contributed by atoms with E-state index in [4.69, 9.17) is 5.26 Å². The predicted molar refractivity (Wildman–Crippen MR) is 48.6 cm³/mol. The summed E-state index contributed by atoms with van der Waals surface area (Å²) in [5.41, 5.74) is -0.681. The Bertz CT molecular complexity index is 160. The second-order valence-electron chi connectivity index (χ2n) is 3.48. The van der Waals surface area contributed by atoms with Gasteiger partial charge in [-0.25, -0.2) is 0 Å². The van der Waals surface area contributed by atoms with E-state index < -0.39 is 5.60 Å². The molecule has 0 amide bonds. The lowest BCUT2D eigenvalue weighted by Crippen LogP contribution is -2.40. The van der Waals surface area contributed by atoms with Crippen LogP contribution in [0.4, 0.5) is 0 Å². The standard InChI is InChI=1S/C9H18N2O/c1-4-5-9(3,12)7-11-8(2)6-10/h8,11-12H,4-5,7H2,1-3H3. The quantitative estimate of drug-likeness (QED) is 0.648. The maximum absolute atomic E-state index is 9.69. The van der Waals surface area contributed by atoms with Crippen molar-refractivity contribution in [1.82, 2.24) is 5.32 Å². The highest BCUT2D eigenvalue weighted by Gasteiger charge is 2.18. The number of aliphatic hydroxyl groups is 1. The van der Waals surface area contributed by atoms with Crippen LogP contribution in [0.3, 0.4) is 0 Å². The third kappa shape index (κ3) is 5.11. The van der Waals surface area contributed by atoms with Crippen LogP contribution in [0.1, 0.15) is 33.6 Å². The fraction of sp³-hybridized carbons (Fsp3) is 0.889. The number of nitriles is 1. The fourth-order valence-electron chi connectivity index (χ4n) is 1.05. The van der Waals surface area contributed by atoms with Crippen molar-refractivity contribution in [2.24, 2.45) is 0 Å². The molecule has 0 radical (unpaired) electrons. The molecule has 0 saturated carbocycles. The molecule has 2 unspecified atom stereocenters. The Morgan fingerprint density at radius 1 is 1.67 bits per heavy atom. The molecule has 0 aromatic rings. The van der Waals surface area contributed by atoms with Crippen molar-refractivity contribution in [2.45, 2.75) is 45.3 Å². The Morgan fingerprint density at radius 2 is 2.25 bits per heavy atom. The van der Waals surface area contributed by atoms with Crippen molar-refractivity contribution in [2.75, 3.05) is 6.54 Å². The maximum Gasteiger partial charge on any atom is 0.0925 e. The van der Waals surface area contributed by atoms with Crippen molar-refractivity contribution in [3.63, 3.8) is 0 Å². The van der Waals surface area contributed by atoms with Gasteiger partial charge < -0.3 is 5.11 Å². The van der Waals surface area contributed by atoms with Gasteiger partial charge in [0.1, 0.15) is 0 Å². The molecule has 0 fully saturated rings. The van der Waals surface area contributed by atoms with Gasteiger partial charge >= 0.3 is 0 Å². The highest BCUT2D eigenvalue weighted by atomic mass is 16.3. The van der Waals surface area contributed by atoms with Gasteiger partial charge in [0.25, 0.3) is 0 Å². The first-order valence-electron chi connectivity index (χ1n) is 4.37. The zero-order chi connectivity index (χ0) is 9.61. The molecule has 0 aliphatic rings. The van der Waals surface area contributed by atoms with Crippen LogP contribution in [0, 0.1) is 11.3 Å². The molecule has 3 heteroatoms. The summed E-state index contributed by atoms with van der Waals surface area (Å²) < 4.78 is 0. The van der Waals surface area contributed by atoms with Gasteiger partial charge in [-0.15, -0.1) is 0 Å². The molecule has 70 valence electrons. The third-order valence-electron chi connectivity index (χ3n) is 1.77. The van der Waals surface area contributed by atoms with Crippen molar-refractivity contribution in [1.29, 1.82) is 5.26 Å². The lowest BCUT2D eigenvalue weighted by atomic mass is 10.0. The average molecular weight is 170 g/mol. The van der Waals surface area contributed by atoms with Crippen LogP contribution in [0.15, 0.2) is 0 Å². The first-order chi connectivity index (χ1) is 5.52. The van der Waals surface area contributed by atoms with Crippen LogP contribution >= 0.6 is 0 Å². The van der Waals surface area contributed by atoms with Gasteiger partial charge in [-0.05, 0) is 20.3 Å². The molecule has 0 aromatic carbocycles. The molecule has 12 heavy (non-hydrogen) atoms. The maximum atomic E-state index is 9.69. The van der Waals surface area contributed by atoms with Gasteiger partial charge in [0.05, 0.1) is 17.7 Å².